The molecule has 2 aliphatic rings. The minimum Gasteiger partial charge on any atom is -0.497 e. The second-order valence-electron chi connectivity index (χ2n) is 10.7. The number of carbonyl (C=O) groups is 2. The molecule has 0 spiro atoms. The van der Waals surface area contributed by atoms with Crippen LogP contribution in [0.15, 0.2) is 72.5 Å². The Morgan fingerprint density at radius 3 is 2.59 bits per heavy atom. The van der Waals surface area contributed by atoms with E-state index in [1.807, 2.05) is 41.3 Å². The summed E-state index contributed by atoms with van der Waals surface area (Å²) in [4.78, 5) is 28.4. The molecular weight excluding hydrogens is 516 g/mol. The first-order valence-electron chi connectivity index (χ1n) is 14.3. The molecule has 7 heteroatoms. The molecule has 1 saturated carbocycles. The van der Waals surface area contributed by atoms with Crippen LogP contribution in [0.25, 0.3) is 6.08 Å². The molecule has 0 aromatic heterocycles. The van der Waals surface area contributed by atoms with Crippen molar-refractivity contribution in [1.29, 1.82) is 0 Å². The highest BCUT2D eigenvalue weighted by Crippen LogP contribution is 2.34. The summed E-state index contributed by atoms with van der Waals surface area (Å²) < 4.78 is 17.0. The Labute approximate surface area is 242 Å². The maximum atomic E-state index is 13.6. The first-order chi connectivity index (χ1) is 19.9. The van der Waals surface area contributed by atoms with E-state index in [0.29, 0.717) is 30.8 Å². The highest BCUT2D eigenvalue weighted by Gasteiger charge is 2.41. The topological polar surface area (TPSA) is 77.1 Å². The van der Waals surface area contributed by atoms with Crippen molar-refractivity contribution >= 4 is 17.9 Å². The Kier molecular flexibility index (Phi) is 8.92. The molecule has 2 fully saturated rings. The van der Waals surface area contributed by atoms with E-state index in [4.69, 9.17) is 14.2 Å². The summed E-state index contributed by atoms with van der Waals surface area (Å²) in [6.07, 6.45) is 6.56. The van der Waals surface area contributed by atoms with Crippen LogP contribution in [0.3, 0.4) is 0 Å². The van der Waals surface area contributed by atoms with Gasteiger partial charge < -0.3 is 24.4 Å². The number of benzene rings is 3. The Balaban J connectivity index is 1.24. The molecular formula is C34H38N2O5. The van der Waals surface area contributed by atoms with E-state index >= 15 is 0 Å². The van der Waals surface area contributed by atoms with Crippen molar-refractivity contribution in [3.8, 4) is 11.5 Å². The highest BCUT2D eigenvalue weighted by atomic mass is 16.5. The fourth-order valence-corrected chi connectivity index (χ4v) is 5.72. The maximum Gasteiger partial charge on any atom is 0.289 e. The van der Waals surface area contributed by atoms with Crippen molar-refractivity contribution < 1.29 is 23.8 Å². The number of aryl methyl sites for hydroxylation is 1. The zero-order valence-electron chi connectivity index (χ0n) is 24.0. The van der Waals surface area contributed by atoms with E-state index in [0.717, 1.165) is 53.9 Å². The minimum atomic E-state index is -0.156. The van der Waals surface area contributed by atoms with Crippen LogP contribution in [-0.2, 0) is 22.5 Å². The molecule has 1 aliphatic carbocycles. The second-order valence-corrected chi connectivity index (χ2v) is 10.7. The minimum absolute atomic E-state index is 0.00638. The molecule has 1 N–H and O–H groups in total. The van der Waals surface area contributed by atoms with Gasteiger partial charge in [-0.05, 0) is 73.6 Å². The number of ether oxygens (including phenoxy) is 3. The van der Waals surface area contributed by atoms with Crippen molar-refractivity contribution in [2.45, 2.75) is 57.7 Å². The molecule has 1 aliphatic heterocycles. The lowest BCUT2D eigenvalue weighted by Gasteiger charge is -2.44. The number of morpholine rings is 1. The number of rotatable bonds is 9. The van der Waals surface area contributed by atoms with Gasteiger partial charge in [-0.15, -0.1) is 0 Å². The first-order valence-corrected chi connectivity index (χ1v) is 14.3. The fourth-order valence-electron chi connectivity index (χ4n) is 5.72. The molecule has 214 valence electrons. The van der Waals surface area contributed by atoms with Crippen molar-refractivity contribution in [2.24, 2.45) is 0 Å². The highest BCUT2D eigenvalue weighted by molar-refractivity contribution is 5.97. The average molecular weight is 555 g/mol. The van der Waals surface area contributed by atoms with Gasteiger partial charge in [0.25, 0.3) is 11.8 Å². The van der Waals surface area contributed by atoms with Crippen molar-refractivity contribution in [3.63, 3.8) is 0 Å². The maximum absolute atomic E-state index is 13.6. The van der Waals surface area contributed by atoms with Crippen LogP contribution in [0.4, 0.5) is 0 Å². The fraction of sp³-hybridized carbons (Fsp3) is 0.353. The summed E-state index contributed by atoms with van der Waals surface area (Å²) in [6.45, 7) is 3.11. The number of methoxy groups -OCH3 is 2. The molecule has 2 amide bonds. The molecule has 5 rings (SSSR count). The number of hydrogen-bond acceptors (Lipinski definition) is 5. The average Bonchev–Trinajstić information content (AvgIpc) is 2.99. The van der Waals surface area contributed by atoms with Crippen LogP contribution in [0.1, 0.15) is 58.3 Å². The van der Waals surface area contributed by atoms with Crippen LogP contribution in [0.2, 0.25) is 0 Å². The lowest BCUT2D eigenvalue weighted by molar-refractivity contribution is -0.149. The van der Waals surface area contributed by atoms with Gasteiger partial charge in [0.15, 0.2) is 5.76 Å². The van der Waals surface area contributed by atoms with Crippen molar-refractivity contribution in [1.82, 2.24) is 10.2 Å². The molecule has 1 saturated heterocycles. The van der Waals surface area contributed by atoms with E-state index < -0.39 is 0 Å². The van der Waals surface area contributed by atoms with Gasteiger partial charge in [-0.25, -0.2) is 0 Å². The van der Waals surface area contributed by atoms with Gasteiger partial charge in [-0.3, -0.25) is 9.59 Å². The molecule has 2 atom stereocenters. The van der Waals surface area contributed by atoms with Crippen LogP contribution in [0, 0.1) is 6.92 Å². The van der Waals surface area contributed by atoms with Crippen LogP contribution in [-0.4, -0.2) is 49.6 Å². The number of hydrogen-bond donors (Lipinski definition) is 1. The summed E-state index contributed by atoms with van der Waals surface area (Å²) in [7, 11) is 3.23. The number of fused-ring (bicyclic) bond motifs is 1. The van der Waals surface area contributed by atoms with Gasteiger partial charge in [-0.1, -0.05) is 54.4 Å². The predicted octanol–water partition coefficient (Wildman–Crippen LogP) is 5.70. The summed E-state index contributed by atoms with van der Waals surface area (Å²) in [6, 6.07) is 21.3. The van der Waals surface area contributed by atoms with Crippen LogP contribution in [0.5, 0.6) is 11.5 Å². The van der Waals surface area contributed by atoms with Gasteiger partial charge >= 0.3 is 0 Å². The molecule has 2 unspecified atom stereocenters. The van der Waals surface area contributed by atoms with Gasteiger partial charge in [0.1, 0.15) is 17.6 Å². The van der Waals surface area contributed by atoms with Gasteiger partial charge in [0.2, 0.25) is 0 Å². The summed E-state index contributed by atoms with van der Waals surface area (Å²) in [5, 5.41) is 2.97. The molecule has 0 radical (unpaired) electrons. The van der Waals surface area contributed by atoms with Crippen molar-refractivity contribution in [2.75, 3.05) is 20.8 Å². The molecule has 0 bridgehead atoms. The van der Waals surface area contributed by atoms with Crippen LogP contribution >= 0.6 is 0 Å². The predicted molar refractivity (Wildman–Crippen MR) is 159 cm³/mol. The van der Waals surface area contributed by atoms with E-state index in [2.05, 4.69) is 30.4 Å². The molecule has 41 heavy (non-hydrogen) atoms. The zero-order chi connectivity index (χ0) is 28.8. The number of amides is 2. The smallest absolute Gasteiger partial charge is 0.289 e. The molecule has 7 nitrogen and oxygen atoms in total. The van der Waals surface area contributed by atoms with E-state index in [9.17, 15) is 9.59 Å². The normalized spacial score (nSPS) is 19.3. The van der Waals surface area contributed by atoms with E-state index in [1.54, 1.807) is 32.4 Å². The third-order valence-electron chi connectivity index (χ3n) is 7.90. The summed E-state index contributed by atoms with van der Waals surface area (Å²) in [5.41, 5.74) is 4.67. The van der Waals surface area contributed by atoms with Gasteiger partial charge in [0, 0.05) is 24.7 Å². The third-order valence-corrected chi connectivity index (χ3v) is 7.90. The monoisotopic (exact) mass is 554 g/mol. The van der Waals surface area contributed by atoms with Gasteiger partial charge in [-0.2, -0.15) is 0 Å². The number of carbonyl (C=O) groups excluding carboxylic acids is 2. The third kappa shape index (κ3) is 6.73. The largest absolute Gasteiger partial charge is 0.497 e. The molecule has 3 aromatic rings. The Morgan fingerprint density at radius 1 is 1.02 bits per heavy atom. The molecule has 1 heterocycles. The molecule has 3 aromatic carbocycles. The Hall–Kier alpha value is -4.26. The summed E-state index contributed by atoms with van der Waals surface area (Å²) >= 11 is 0. The van der Waals surface area contributed by atoms with Crippen LogP contribution < -0.4 is 14.8 Å². The van der Waals surface area contributed by atoms with Gasteiger partial charge in [0.05, 0.1) is 20.3 Å². The lowest BCUT2D eigenvalue weighted by Crippen LogP contribution is -2.54. The van der Waals surface area contributed by atoms with E-state index in [1.165, 1.54) is 5.56 Å². The van der Waals surface area contributed by atoms with Crippen molar-refractivity contribution in [3.05, 3.63) is 100 Å². The lowest BCUT2D eigenvalue weighted by atomic mass is 9.89. The number of nitrogens with zero attached hydrogens (tertiary/aromatic N) is 1. The Bertz CT molecular complexity index is 1410. The second kappa shape index (κ2) is 12.9. The summed E-state index contributed by atoms with van der Waals surface area (Å²) in [5.74, 6) is 1.59. The zero-order valence-corrected chi connectivity index (χ0v) is 24.0. The first kappa shape index (κ1) is 28.3. The Morgan fingerprint density at radius 2 is 1.83 bits per heavy atom. The number of nitrogens with one attached hydrogen (secondary N) is 1. The van der Waals surface area contributed by atoms with E-state index in [-0.39, 0.29) is 24.0 Å². The quantitative estimate of drug-likeness (QED) is 0.344. The standard InChI is InChI=1S/C34H38N2O5/c1-23-7-6-8-25(19-23)22-36-29-9-4-5-10-30(29)41-32(34(36)38)20-24-11-13-27(14-12-24)33(37)35-18-17-26-15-16-28(39-2)21-31(26)40-3/h6-8,11-16,19-21,29-30H,4-5,9-10,17-18,22H2,1-3H3,(H,35,37)/b32-20+. The SMILES string of the molecule is COc1ccc(CCNC(=O)c2ccc(/C=C3/OC4CCCCC4N(Cc4cccc(C)c4)C3=O)cc2)c(OC)c1.